The van der Waals surface area contributed by atoms with Gasteiger partial charge in [-0.2, -0.15) is 10.2 Å². The summed E-state index contributed by atoms with van der Waals surface area (Å²) in [6.07, 6.45) is 3.65. The number of nitrogens with one attached hydrogen (secondary N) is 2. The van der Waals surface area contributed by atoms with Crippen LogP contribution < -0.4 is 5.32 Å². The molecule has 1 fully saturated rings. The molecule has 3 rings (SSSR count). The normalized spacial score (nSPS) is 17.8. The maximum atomic E-state index is 12.3. The molecule has 2 aromatic rings. The van der Waals surface area contributed by atoms with Crippen LogP contribution in [0.1, 0.15) is 35.1 Å². The molecule has 3 heterocycles. The molecule has 22 heavy (non-hydrogen) atoms. The van der Waals surface area contributed by atoms with E-state index in [1.165, 1.54) is 0 Å². The second-order valence-electron chi connectivity index (χ2n) is 5.10. The number of H-pyrrole nitrogens is 1. The predicted molar refractivity (Wildman–Crippen MR) is 78.6 cm³/mol. The summed E-state index contributed by atoms with van der Waals surface area (Å²) in [7, 11) is 1.61. The molecule has 2 aromatic heterocycles. The number of amides is 1. The van der Waals surface area contributed by atoms with Crippen molar-refractivity contribution in [3.8, 4) is 0 Å². The van der Waals surface area contributed by atoms with E-state index in [1.807, 2.05) is 6.07 Å². The molecule has 1 aliphatic heterocycles. The van der Waals surface area contributed by atoms with Gasteiger partial charge in [-0.25, -0.2) is 0 Å². The van der Waals surface area contributed by atoms with E-state index < -0.39 is 0 Å². The van der Waals surface area contributed by atoms with E-state index in [9.17, 15) is 4.79 Å². The first kappa shape index (κ1) is 14.7. The second-order valence-corrected chi connectivity index (χ2v) is 5.10. The highest BCUT2D eigenvalue weighted by molar-refractivity contribution is 6.02. The number of ether oxygens (including phenoxy) is 2. The molecule has 2 N–H and O–H groups in total. The Bertz CT molecular complexity index is 630. The molecule has 1 atom stereocenters. The number of aromatic nitrogens is 4. The summed E-state index contributed by atoms with van der Waals surface area (Å²) in [4.78, 5) is 12.3. The van der Waals surface area contributed by atoms with Gasteiger partial charge in [-0.1, -0.05) is 0 Å². The summed E-state index contributed by atoms with van der Waals surface area (Å²) in [5.41, 5.74) is 1.36. The SMILES string of the molecule is COCCn1nccc1C(=O)Nc1cc(C2CCCO2)[nH]n1. The molecule has 0 radical (unpaired) electrons. The van der Waals surface area contributed by atoms with Crippen LogP contribution >= 0.6 is 0 Å². The van der Waals surface area contributed by atoms with Crippen LogP contribution in [0.3, 0.4) is 0 Å². The Morgan fingerprint density at radius 3 is 3.32 bits per heavy atom. The second kappa shape index (κ2) is 6.71. The van der Waals surface area contributed by atoms with Crippen molar-refractivity contribution in [2.24, 2.45) is 0 Å². The van der Waals surface area contributed by atoms with Crippen molar-refractivity contribution in [3.63, 3.8) is 0 Å². The van der Waals surface area contributed by atoms with Crippen molar-refractivity contribution in [3.05, 3.63) is 29.7 Å². The Balaban J connectivity index is 1.65. The van der Waals surface area contributed by atoms with Crippen LogP contribution in [0.4, 0.5) is 5.82 Å². The third kappa shape index (κ3) is 3.18. The number of aromatic amines is 1. The zero-order valence-electron chi connectivity index (χ0n) is 12.4. The van der Waals surface area contributed by atoms with Gasteiger partial charge in [-0.15, -0.1) is 0 Å². The lowest BCUT2D eigenvalue weighted by Crippen LogP contribution is -2.19. The fourth-order valence-corrected chi connectivity index (χ4v) is 2.45. The Labute approximate surface area is 127 Å². The van der Waals surface area contributed by atoms with Crippen LogP contribution in [-0.2, 0) is 16.0 Å². The lowest BCUT2D eigenvalue weighted by molar-refractivity contribution is 0.101. The van der Waals surface area contributed by atoms with Crippen LogP contribution in [0, 0.1) is 0 Å². The smallest absolute Gasteiger partial charge is 0.275 e. The fourth-order valence-electron chi connectivity index (χ4n) is 2.45. The average molecular weight is 305 g/mol. The van der Waals surface area contributed by atoms with Gasteiger partial charge in [0.15, 0.2) is 5.82 Å². The van der Waals surface area contributed by atoms with Gasteiger partial charge in [0.05, 0.1) is 24.9 Å². The molecular formula is C14H19N5O3. The van der Waals surface area contributed by atoms with E-state index in [-0.39, 0.29) is 12.0 Å². The van der Waals surface area contributed by atoms with Crippen molar-refractivity contribution < 1.29 is 14.3 Å². The topological polar surface area (TPSA) is 94.1 Å². The van der Waals surface area contributed by atoms with E-state index in [0.717, 1.165) is 25.1 Å². The van der Waals surface area contributed by atoms with Crippen LogP contribution in [0.25, 0.3) is 0 Å². The minimum absolute atomic E-state index is 0.0467. The predicted octanol–water partition coefficient (Wildman–Crippen LogP) is 1.36. The number of carbonyl (C=O) groups excluding carboxylic acids is 1. The van der Waals surface area contributed by atoms with Gasteiger partial charge in [-0.05, 0) is 18.9 Å². The van der Waals surface area contributed by atoms with E-state index in [4.69, 9.17) is 9.47 Å². The fraction of sp³-hybridized carbons (Fsp3) is 0.500. The van der Waals surface area contributed by atoms with Gasteiger partial charge >= 0.3 is 0 Å². The third-order valence-corrected chi connectivity index (χ3v) is 3.57. The first-order valence-corrected chi connectivity index (χ1v) is 7.27. The molecule has 0 bridgehead atoms. The monoisotopic (exact) mass is 305 g/mol. The molecule has 0 aliphatic carbocycles. The van der Waals surface area contributed by atoms with Crippen molar-refractivity contribution in [1.82, 2.24) is 20.0 Å². The summed E-state index contributed by atoms with van der Waals surface area (Å²) in [5.74, 6) is 0.231. The quantitative estimate of drug-likeness (QED) is 0.840. The van der Waals surface area contributed by atoms with Gasteiger partial charge in [-0.3, -0.25) is 14.6 Å². The highest BCUT2D eigenvalue weighted by Gasteiger charge is 2.21. The van der Waals surface area contributed by atoms with Crippen molar-refractivity contribution in [2.45, 2.75) is 25.5 Å². The molecule has 1 amide bonds. The summed E-state index contributed by atoms with van der Waals surface area (Å²) in [6, 6.07) is 3.47. The Kier molecular flexibility index (Phi) is 4.50. The van der Waals surface area contributed by atoms with Crippen molar-refractivity contribution in [1.29, 1.82) is 0 Å². The largest absolute Gasteiger partial charge is 0.383 e. The van der Waals surface area contributed by atoms with Crippen LogP contribution in [0.15, 0.2) is 18.3 Å². The number of carbonyl (C=O) groups is 1. The zero-order valence-corrected chi connectivity index (χ0v) is 12.4. The molecule has 8 heteroatoms. The number of methoxy groups -OCH3 is 1. The number of nitrogens with zero attached hydrogens (tertiary/aromatic N) is 3. The maximum Gasteiger partial charge on any atom is 0.275 e. The van der Waals surface area contributed by atoms with Gasteiger partial charge in [0.25, 0.3) is 5.91 Å². The molecule has 0 spiro atoms. The highest BCUT2D eigenvalue weighted by Crippen LogP contribution is 2.28. The molecule has 0 aromatic carbocycles. The van der Waals surface area contributed by atoms with Crippen molar-refractivity contribution in [2.75, 3.05) is 25.6 Å². The first-order valence-electron chi connectivity index (χ1n) is 7.27. The van der Waals surface area contributed by atoms with Crippen molar-refractivity contribution >= 4 is 11.7 Å². The summed E-state index contributed by atoms with van der Waals surface area (Å²) >= 11 is 0. The van der Waals surface area contributed by atoms with Gasteiger partial charge < -0.3 is 14.8 Å². The molecule has 1 unspecified atom stereocenters. The molecule has 118 valence electrons. The van der Waals surface area contributed by atoms with Crippen LogP contribution in [0.5, 0.6) is 0 Å². The lowest BCUT2D eigenvalue weighted by Gasteiger charge is -2.06. The van der Waals surface area contributed by atoms with Crippen LogP contribution in [-0.4, -0.2) is 46.2 Å². The number of rotatable bonds is 6. The Morgan fingerprint density at radius 2 is 2.55 bits per heavy atom. The molecule has 8 nitrogen and oxygen atoms in total. The van der Waals surface area contributed by atoms with Crippen LogP contribution in [0.2, 0.25) is 0 Å². The Hall–Kier alpha value is -2.19. The minimum Gasteiger partial charge on any atom is -0.383 e. The number of anilines is 1. The minimum atomic E-state index is -0.251. The average Bonchev–Trinajstić information content (AvgIpc) is 3.25. The first-order chi connectivity index (χ1) is 10.8. The zero-order chi connectivity index (χ0) is 15.4. The lowest BCUT2D eigenvalue weighted by atomic mass is 10.2. The molecule has 1 aliphatic rings. The van der Waals surface area contributed by atoms with E-state index >= 15 is 0 Å². The van der Waals surface area contributed by atoms with E-state index in [1.54, 1.807) is 24.1 Å². The van der Waals surface area contributed by atoms with E-state index in [0.29, 0.717) is 24.7 Å². The van der Waals surface area contributed by atoms with E-state index in [2.05, 4.69) is 20.6 Å². The maximum absolute atomic E-state index is 12.3. The molecule has 0 saturated carbocycles. The third-order valence-electron chi connectivity index (χ3n) is 3.57. The molecular weight excluding hydrogens is 286 g/mol. The van der Waals surface area contributed by atoms with Gasteiger partial charge in [0, 0.05) is 26.0 Å². The van der Waals surface area contributed by atoms with Gasteiger partial charge in [0.2, 0.25) is 0 Å². The number of hydrogen-bond donors (Lipinski definition) is 2. The summed E-state index contributed by atoms with van der Waals surface area (Å²) in [5, 5.41) is 13.9. The summed E-state index contributed by atoms with van der Waals surface area (Å²) in [6.45, 7) is 1.78. The highest BCUT2D eigenvalue weighted by atomic mass is 16.5. The van der Waals surface area contributed by atoms with Gasteiger partial charge in [0.1, 0.15) is 5.69 Å². The number of hydrogen-bond acceptors (Lipinski definition) is 5. The summed E-state index contributed by atoms with van der Waals surface area (Å²) < 4.78 is 12.2. The Morgan fingerprint density at radius 1 is 1.64 bits per heavy atom. The standard InChI is InChI=1S/C14H19N5O3/c1-21-8-6-19-11(4-5-15-19)14(20)16-13-9-10(17-18-13)12-3-2-7-22-12/h4-5,9,12H,2-3,6-8H2,1H3,(H2,16,17,18,20). The molecule has 1 saturated heterocycles.